The van der Waals surface area contributed by atoms with Crippen molar-refractivity contribution in [3.05, 3.63) is 53.6 Å². The minimum absolute atomic E-state index is 0.245. The Morgan fingerprint density at radius 2 is 1.93 bits per heavy atom. The molecule has 146 valence electrons. The molecule has 0 saturated carbocycles. The summed E-state index contributed by atoms with van der Waals surface area (Å²) < 4.78 is 38.7. The van der Waals surface area contributed by atoms with Crippen LogP contribution in [0.1, 0.15) is 23.7 Å². The van der Waals surface area contributed by atoms with Crippen molar-refractivity contribution in [3.63, 3.8) is 0 Å². The third kappa shape index (κ3) is 4.26. The molecule has 1 aliphatic rings. The van der Waals surface area contributed by atoms with Crippen LogP contribution in [0.25, 0.3) is 0 Å². The van der Waals surface area contributed by atoms with Crippen molar-refractivity contribution in [2.24, 2.45) is 0 Å². The van der Waals surface area contributed by atoms with Crippen LogP contribution in [-0.4, -0.2) is 47.0 Å². The minimum atomic E-state index is -3.61. The molecule has 0 bridgehead atoms. The Labute approximate surface area is 161 Å². The summed E-state index contributed by atoms with van der Waals surface area (Å²) >= 11 is 0. The average Bonchev–Trinajstić information content (AvgIpc) is 2.77. The first-order valence-electron chi connectivity index (χ1n) is 8.99. The molecule has 0 saturated heterocycles. The zero-order valence-corrected chi connectivity index (χ0v) is 16.8. The fraction of sp³-hybridized carbons (Fsp3) is 0.400. The molecule has 2 aromatic carbocycles. The summed E-state index contributed by atoms with van der Waals surface area (Å²) in [5.74, 6) is 1.40. The van der Waals surface area contributed by atoms with Gasteiger partial charge in [-0.15, -0.1) is 0 Å². The van der Waals surface area contributed by atoms with Crippen molar-refractivity contribution in [1.29, 1.82) is 0 Å². The first-order valence-corrected chi connectivity index (χ1v) is 10.4. The zero-order valence-electron chi connectivity index (χ0n) is 15.9. The lowest BCUT2D eigenvalue weighted by Crippen LogP contribution is -2.26. The van der Waals surface area contributed by atoms with Crippen molar-refractivity contribution in [1.82, 2.24) is 9.62 Å². The lowest BCUT2D eigenvalue weighted by Gasteiger charge is -2.24. The molecule has 0 aliphatic carbocycles. The normalized spacial score (nSPS) is 18.0. The van der Waals surface area contributed by atoms with Gasteiger partial charge in [-0.2, -0.15) is 0 Å². The van der Waals surface area contributed by atoms with E-state index in [0.29, 0.717) is 17.7 Å². The van der Waals surface area contributed by atoms with Crippen molar-refractivity contribution < 1.29 is 17.9 Å². The fourth-order valence-corrected chi connectivity index (χ4v) is 4.30. The Hall–Kier alpha value is -2.09. The number of rotatable bonds is 4. The highest BCUT2D eigenvalue weighted by atomic mass is 32.2. The van der Waals surface area contributed by atoms with Crippen LogP contribution in [0.2, 0.25) is 0 Å². The first kappa shape index (κ1) is 19.7. The fourth-order valence-electron chi connectivity index (χ4n) is 3.17. The second kappa shape index (κ2) is 8.29. The van der Waals surface area contributed by atoms with Crippen LogP contribution < -0.4 is 14.8 Å². The van der Waals surface area contributed by atoms with Gasteiger partial charge in [0, 0.05) is 26.1 Å². The molecule has 3 rings (SSSR count). The van der Waals surface area contributed by atoms with Gasteiger partial charge in [0.1, 0.15) is 17.6 Å². The number of hydrogen-bond acceptors (Lipinski definition) is 5. The molecule has 1 atom stereocenters. The van der Waals surface area contributed by atoms with Crippen molar-refractivity contribution >= 4 is 10.0 Å². The third-order valence-electron chi connectivity index (χ3n) is 4.72. The van der Waals surface area contributed by atoms with Gasteiger partial charge in [-0.05, 0) is 49.3 Å². The predicted molar refractivity (Wildman–Crippen MR) is 105 cm³/mol. The van der Waals surface area contributed by atoms with E-state index in [-0.39, 0.29) is 4.90 Å². The van der Waals surface area contributed by atoms with E-state index in [1.807, 2.05) is 24.3 Å². The number of nitrogens with one attached hydrogen (secondary N) is 1. The van der Waals surface area contributed by atoms with Crippen LogP contribution in [0.15, 0.2) is 47.4 Å². The van der Waals surface area contributed by atoms with Crippen LogP contribution in [0.3, 0.4) is 0 Å². The van der Waals surface area contributed by atoms with Gasteiger partial charge in [-0.1, -0.05) is 18.2 Å². The molecule has 0 spiro atoms. The second-order valence-corrected chi connectivity index (χ2v) is 8.81. The minimum Gasteiger partial charge on any atom is -0.497 e. The Morgan fingerprint density at radius 3 is 2.67 bits per heavy atom. The van der Waals surface area contributed by atoms with E-state index < -0.39 is 16.1 Å². The molecule has 0 aromatic heterocycles. The molecular weight excluding hydrogens is 364 g/mol. The number of nitrogens with zero attached hydrogens (tertiary/aromatic N) is 1. The van der Waals surface area contributed by atoms with Crippen LogP contribution in [0, 0.1) is 0 Å². The smallest absolute Gasteiger partial charge is 0.242 e. The molecule has 1 unspecified atom stereocenters. The van der Waals surface area contributed by atoms with Gasteiger partial charge in [-0.3, -0.25) is 0 Å². The lowest BCUT2D eigenvalue weighted by atomic mass is 10.1. The molecule has 1 N–H and O–H groups in total. The molecule has 0 amide bonds. The van der Waals surface area contributed by atoms with Crippen LogP contribution in [-0.2, 0) is 16.4 Å². The van der Waals surface area contributed by atoms with E-state index in [9.17, 15) is 8.42 Å². The maximum absolute atomic E-state index is 12.9. The van der Waals surface area contributed by atoms with Gasteiger partial charge in [0.2, 0.25) is 10.0 Å². The Kier molecular flexibility index (Phi) is 6.04. The van der Waals surface area contributed by atoms with Crippen molar-refractivity contribution in [2.75, 3.05) is 34.3 Å². The van der Waals surface area contributed by atoms with Gasteiger partial charge in [0.25, 0.3) is 0 Å². The summed E-state index contributed by atoms with van der Waals surface area (Å²) in [5, 5.41) is 3.41. The van der Waals surface area contributed by atoms with Gasteiger partial charge in [0.05, 0.1) is 12.0 Å². The summed E-state index contributed by atoms with van der Waals surface area (Å²) in [5.41, 5.74) is 1.72. The van der Waals surface area contributed by atoms with E-state index >= 15 is 0 Å². The Balaban J connectivity index is 2.10. The van der Waals surface area contributed by atoms with Gasteiger partial charge in [0.15, 0.2) is 0 Å². The summed E-state index contributed by atoms with van der Waals surface area (Å²) in [6.07, 6.45) is 1.11. The van der Waals surface area contributed by atoms with Crippen LogP contribution >= 0.6 is 0 Å². The first-order chi connectivity index (χ1) is 12.9. The highest BCUT2D eigenvalue weighted by molar-refractivity contribution is 7.89. The molecule has 7 heteroatoms. The third-order valence-corrected chi connectivity index (χ3v) is 6.61. The number of methoxy groups -OCH3 is 1. The van der Waals surface area contributed by atoms with E-state index in [2.05, 4.69) is 5.32 Å². The Bertz CT molecular complexity index is 897. The SMILES string of the molecule is COc1ccc(S(=O)(=O)N(C)C)c(C2CCNCCc3ccccc3O2)c1. The van der Waals surface area contributed by atoms with Gasteiger partial charge < -0.3 is 14.8 Å². The number of hydrogen-bond donors (Lipinski definition) is 1. The summed E-state index contributed by atoms with van der Waals surface area (Å²) in [7, 11) is 1.02. The lowest BCUT2D eigenvalue weighted by molar-refractivity contribution is 0.191. The maximum Gasteiger partial charge on any atom is 0.242 e. The van der Waals surface area contributed by atoms with Crippen molar-refractivity contribution in [2.45, 2.75) is 23.8 Å². The van der Waals surface area contributed by atoms with E-state index in [4.69, 9.17) is 9.47 Å². The Morgan fingerprint density at radius 1 is 1.15 bits per heavy atom. The molecule has 6 nitrogen and oxygen atoms in total. The summed E-state index contributed by atoms with van der Waals surface area (Å²) in [4.78, 5) is 0.245. The maximum atomic E-state index is 12.9. The average molecular weight is 391 g/mol. The monoisotopic (exact) mass is 390 g/mol. The number of benzene rings is 2. The summed E-state index contributed by atoms with van der Waals surface area (Å²) in [6.45, 7) is 1.59. The molecule has 0 fully saturated rings. The van der Waals surface area contributed by atoms with Gasteiger partial charge in [-0.25, -0.2) is 12.7 Å². The molecule has 27 heavy (non-hydrogen) atoms. The van der Waals surface area contributed by atoms with E-state index in [1.54, 1.807) is 25.3 Å². The van der Waals surface area contributed by atoms with Crippen LogP contribution in [0.5, 0.6) is 11.5 Å². The highest BCUT2D eigenvalue weighted by Crippen LogP contribution is 2.34. The predicted octanol–water partition coefficient (Wildman–Crippen LogP) is 2.60. The highest BCUT2D eigenvalue weighted by Gasteiger charge is 2.28. The topological polar surface area (TPSA) is 67.9 Å². The number of sulfonamides is 1. The zero-order chi connectivity index (χ0) is 19.4. The summed E-state index contributed by atoms with van der Waals surface area (Å²) in [6, 6.07) is 12.9. The molecule has 1 heterocycles. The second-order valence-electron chi connectivity index (χ2n) is 6.69. The quantitative estimate of drug-likeness (QED) is 0.869. The van der Waals surface area contributed by atoms with E-state index in [1.165, 1.54) is 18.4 Å². The number of fused-ring (bicyclic) bond motifs is 1. The van der Waals surface area contributed by atoms with Crippen molar-refractivity contribution in [3.8, 4) is 11.5 Å². The molecule has 2 aromatic rings. The molecule has 0 radical (unpaired) electrons. The molecular formula is C20H26N2O4S. The van der Waals surface area contributed by atoms with Gasteiger partial charge >= 0.3 is 0 Å². The standard InChI is InChI=1S/C20H26N2O4S/c1-22(2)27(23,24)20-9-8-16(25-3)14-17(20)19-11-13-21-12-10-15-6-4-5-7-18(15)26-19/h4-9,14,19,21H,10-13H2,1-3H3. The van der Waals surface area contributed by atoms with Crippen LogP contribution in [0.4, 0.5) is 0 Å². The van der Waals surface area contributed by atoms with E-state index in [0.717, 1.165) is 30.8 Å². The largest absolute Gasteiger partial charge is 0.497 e. The number of ether oxygens (including phenoxy) is 2. The number of para-hydroxylation sites is 1. The molecule has 1 aliphatic heterocycles.